The van der Waals surface area contributed by atoms with E-state index >= 15 is 0 Å². The van der Waals surface area contributed by atoms with Crippen LogP contribution in [0.5, 0.6) is 0 Å². The van der Waals surface area contributed by atoms with Crippen LogP contribution >= 0.6 is 27.5 Å². The number of benzene rings is 2. The predicted molar refractivity (Wildman–Crippen MR) is 73.7 cm³/mol. The molecule has 0 aliphatic carbocycles. The zero-order valence-corrected chi connectivity index (χ0v) is 12.1. The number of halogens is 4. The van der Waals surface area contributed by atoms with Crippen molar-refractivity contribution in [2.45, 2.75) is 6.92 Å². The molecular formula is C14H8BrClF2O. The highest BCUT2D eigenvalue weighted by Gasteiger charge is 2.17. The Morgan fingerprint density at radius 3 is 2.42 bits per heavy atom. The largest absolute Gasteiger partial charge is 0.288 e. The summed E-state index contributed by atoms with van der Waals surface area (Å²) in [7, 11) is 0. The van der Waals surface area contributed by atoms with E-state index in [0.29, 0.717) is 9.50 Å². The molecule has 0 saturated heterocycles. The van der Waals surface area contributed by atoms with Gasteiger partial charge in [0.1, 0.15) is 11.6 Å². The highest BCUT2D eigenvalue weighted by atomic mass is 79.9. The monoisotopic (exact) mass is 344 g/mol. The highest BCUT2D eigenvalue weighted by Crippen LogP contribution is 2.23. The topological polar surface area (TPSA) is 17.1 Å². The van der Waals surface area contributed by atoms with Crippen molar-refractivity contribution in [3.05, 3.63) is 68.2 Å². The molecule has 5 heteroatoms. The molecule has 0 atom stereocenters. The summed E-state index contributed by atoms with van der Waals surface area (Å²) in [5, 5.41) is 0.339. The van der Waals surface area contributed by atoms with Gasteiger partial charge in [0, 0.05) is 15.1 Å². The van der Waals surface area contributed by atoms with E-state index in [4.69, 9.17) is 11.6 Å². The number of hydrogen-bond donors (Lipinski definition) is 0. The van der Waals surface area contributed by atoms with Crippen molar-refractivity contribution in [1.29, 1.82) is 0 Å². The predicted octanol–water partition coefficient (Wildman–Crippen LogP) is 4.92. The van der Waals surface area contributed by atoms with E-state index in [-0.39, 0.29) is 16.7 Å². The molecule has 0 radical (unpaired) electrons. The number of hydrogen-bond acceptors (Lipinski definition) is 1. The van der Waals surface area contributed by atoms with Crippen molar-refractivity contribution in [3.8, 4) is 0 Å². The lowest BCUT2D eigenvalue weighted by Gasteiger charge is -2.06. The third kappa shape index (κ3) is 3.01. The molecule has 2 rings (SSSR count). The molecule has 98 valence electrons. The van der Waals surface area contributed by atoms with Crippen molar-refractivity contribution in [2.75, 3.05) is 0 Å². The van der Waals surface area contributed by atoms with Crippen molar-refractivity contribution in [2.24, 2.45) is 0 Å². The summed E-state index contributed by atoms with van der Waals surface area (Å²) in [6.07, 6.45) is 0. The third-order valence-corrected chi connectivity index (χ3v) is 3.29. The average Bonchev–Trinajstić information content (AvgIpc) is 2.31. The maximum atomic E-state index is 13.7. The number of carbonyl (C=O) groups is 1. The van der Waals surface area contributed by atoms with Gasteiger partial charge < -0.3 is 0 Å². The minimum Gasteiger partial charge on any atom is -0.288 e. The molecule has 0 N–H and O–H groups in total. The van der Waals surface area contributed by atoms with Crippen LogP contribution in [0.4, 0.5) is 8.78 Å². The first-order valence-corrected chi connectivity index (χ1v) is 6.52. The lowest BCUT2D eigenvalue weighted by Crippen LogP contribution is -2.06. The summed E-state index contributed by atoms with van der Waals surface area (Å²) in [4.78, 5) is 12.1. The summed E-state index contributed by atoms with van der Waals surface area (Å²) in [6.45, 7) is 1.43. The van der Waals surface area contributed by atoms with Crippen LogP contribution in [-0.4, -0.2) is 5.78 Å². The Morgan fingerprint density at radius 2 is 1.79 bits per heavy atom. The van der Waals surface area contributed by atoms with Gasteiger partial charge >= 0.3 is 0 Å². The molecule has 0 unspecified atom stereocenters. The summed E-state index contributed by atoms with van der Waals surface area (Å²) < 4.78 is 27.8. The van der Waals surface area contributed by atoms with Gasteiger partial charge in [-0.2, -0.15) is 0 Å². The van der Waals surface area contributed by atoms with E-state index in [1.807, 2.05) is 0 Å². The molecule has 0 spiro atoms. The normalized spacial score (nSPS) is 10.6. The van der Waals surface area contributed by atoms with E-state index in [1.54, 1.807) is 6.07 Å². The summed E-state index contributed by atoms with van der Waals surface area (Å²) in [5.41, 5.74) is 0.0418. The second-order valence-corrected chi connectivity index (χ2v) is 5.42. The molecule has 0 amide bonds. The molecule has 0 saturated carbocycles. The quantitative estimate of drug-likeness (QED) is 0.706. The lowest BCUT2D eigenvalue weighted by atomic mass is 10.0. The second kappa shape index (κ2) is 5.39. The van der Waals surface area contributed by atoms with Gasteiger partial charge in [0.05, 0.1) is 5.56 Å². The molecule has 19 heavy (non-hydrogen) atoms. The fraction of sp³-hybridized carbons (Fsp3) is 0.0714. The molecule has 0 bridgehead atoms. The number of ketones is 1. The van der Waals surface area contributed by atoms with Gasteiger partial charge in [0.25, 0.3) is 0 Å². The Labute approximate surface area is 122 Å². The molecule has 1 nitrogen and oxygen atoms in total. The van der Waals surface area contributed by atoms with Crippen molar-refractivity contribution in [1.82, 2.24) is 0 Å². The molecule has 0 aliphatic rings. The number of carbonyl (C=O) groups excluding carboxylic acids is 1. The highest BCUT2D eigenvalue weighted by molar-refractivity contribution is 9.10. The Kier molecular flexibility index (Phi) is 4.02. The van der Waals surface area contributed by atoms with Gasteiger partial charge in [0.2, 0.25) is 0 Å². The standard InChI is InChI=1S/C14H8BrClF2O/c1-7-2-13(18)11(6-12(7)17)14(19)8-3-9(15)5-10(16)4-8/h2-6H,1H3. The molecule has 0 heterocycles. The number of rotatable bonds is 2. The van der Waals surface area contributed by atoms with Crippen LogP contribution in [0.25, 0.3) is 0 Å². The van der Waals surface area contributed by atoms with Gasteiger partial charge in [-0.25, -0.2) is 8.78 Å². The Bertz CT molecular complexity index is 650. The fourth-order valence-electron chi connectivity index (χ4n) is 1.66. The van der Waals surface area contributed by atoms with Crippen LogP contribution < -0.4 is 0 Å². The second-order valence-electron chi connectivity index (χ2n) is 4.07. The van der Waals surface area contributed by atoms with Crippen molar-refractivity contribution < 1.29 is 13.6 Å². The lowest BCUT2D eigenvalue weighted by molar-refractivity contribution is 0.103. The SMILES string of the molecule is Cc1cc(F)c(C(=O)c2cc(Cl)cc(Br)c2)cc1F. The molecule has 0 aromatic heterocycles. The van der Waals surface area contributed by atoms with Crippen LogP contribution in [0.15, 0.2) is 34.8 Å². The molecular weight excluding hydrogens is 338 g/mol. The van der Waals surface area contributed by atoms with E-state index in [9.17, 15) is 13.6 Å². The summed E-state index contributed by atoms with van der Waals surface area (Å²) in [5.74, 6) is -1.98. The smallest absolute Gasteiger partial charge is 0.196 e. The van der Waals surface area contributed by atoms with E-state index in [0.717, 1.165) is 12.1 Å². The maximum Gasteiger partial charge on any atom is 0.196 e. The fourth-order valence-corrected chi connectivity index (χ4v) is 2.52. The number of aryl methyl sites for hydroxylation is 1. The van der Waals surface area contributed by atoms with E-state index in [1.165, 1.54) is 19.1 Å². The van der Waals surface area contributed by atoms with Gasteiger partial charge in [-0.15, -0.1) is 0 Å². The zero-order chi connectivity index (χ0) is 14.2. The van der Waals surface area contributed by atoms with E-state index in [2.05, 4.69) is 15.9 Å². The third-order valence-electron chi connectivity index (χ3n) is 2.62. The first kappa shape index (κ1) is 14.2. The summed E-state index contributed by atoms with van der Waals surface area (Å²) >= 11 is 9.02. The van der Waals surface area contributed by atoms with Crippen LogP contribution in [0, 0.1) is 18.6 Å². The van der Waals surface area contributed by atoms with Gasteiger partial charge in [-0.05, 0) is 42.8 Å². The van der Waals surface area contributed by atoms with Gasteiger partial charge in [-0.3, -0.25) is 4.79 Å². The zero-order valence-electron chi connectivity index (χ0n) is 9.81. The molecule has 2 aromatic rings. The first-order chi connectivity index (χ1) is 8.88. The minimum absolute atomic E-state index is 0.154. The minimum atomic E-state index is -0.750. The van der Waals surface area contributed by atoms with Crippen LogP contribution in [0.2, 0.25) is 5.02 Å². The van der Waals surface area contributed by atoms with Crippen LogP contribution in [0.3, 0.4) is 0 Å². The Morgan fingerprint density at radius 1 is 1.11 bits per heavy atom. The summed E-state index contributed by atoms with van der Waals surface area (Å²) in [6, 6.07) is 6.42. The van der Waals surface area contributed by atoms with Crippen LogP contribution in [0.1, 0.15) is 21.5 Å². The van der Waals surface area contributed by atoms with Crippen LogP contribution in [-0.2, 0) is 0 Å². The first-order valence-electron chi connectivity index (χ1n) is 5.35. The Balaban J connectivity index is 2.53. The van der Waals surface area contributed by atoms with Crippen molar-refractivity contribution in [3.63, 3.8) is 0 Å². The molecule has 0 aliphatic heterocycles. The maximum absolute atomic E-state index is 13.7. The Hall–Kier alpha value is -1.26. The average molecular weight is 346 g/mol. The molecule has 0 fully saturated rings. The van der Waals surface area contributed by atoms with Crippen molar-refractivity contribution >= 4 is 33.3 Å². The molecule has 2 aromatic carbocycles. The van der Waals surface area contributed by atoms with E-state index < -0.39 is 17.4 Å². The van der Waals surface area contributed by atoms with Gasteiger partial charge in [-0.1, -0.05) is 27.5 Å². The van der Waals surface area contributed by atoms with Gasteiger partial charge in [0.15, 0.2) is 5.78 Å².